The number of ether oxygens (including phenoxy) is 1. The van der Waals surface area contributed by atoms with Crippen LogP contribution >= 0.6 is 0 Å². The molecule has 4 heterocycles. The number of amides is 1. The Morgan fingerprint density at radius 3 is 2.79 bits per heavy atom. The molecule has 6 rings (SSSR count). The zero-order valence-electron chi connectivity index (χ0n) is 21.4. The number of nitrogens with one attached hydrogen (secondary N) is 1. The summed E-state index contributed by atoms with van der Waals surface area (Å²) in [5.41, 5.74) is 2.14. The van der Waals surface area contributed by atoms with Crippen molar-refractivity contribution in [1.29, 1.82) is 0 Å². The number of halogens is 1. The highest BCUT2D eigenvalue weighted by atomic mass is 19.1. The van der Waals surface area contributed by atoms with Crippen LogP contribution < -0.4 is 10.9 Å². The molecule has 1 aromatic carbocycles. The first kappa shape index (κ1) is 24.7. The van der Waals surface area contributed by atoms with Gasteiger partial charge in [0.2, 0.25) is 5.91 Å². The van der Waals surface area contributed by atoms with Gasteiger partial charge in [-0.3, -0.25) is 9.59 Å². The maximum atomic E-state index is 14.9. The number of nitrogens with zero attached hydrogens (tertiary/aromatic N) is 2. The van der Waals surface area contributed by atoms with E-state index in [0.29, 0.717) is 47.3 Å². The van der Waals surface area contributed by atoms with E-state index in [9.17, 15) is 29.0 Å². The van der Waals surface area contributed by atoms with Gasteiger partial charge in [-0.25, -0.2) is 14.2 Å². The Labute approximate surface area is 217 Å². The van der Waals surface area contributed by atoms with Gasteiger partial charge in [-0.05, 0) is 55.9 Å². The highest BCUT2D eigenvalue weighted by molar-refractivity contribution is 5.94. The van der Waals surface area contributed by atoms with Crippen molar-refractivity contribution in [1.82, 2.24) is 14.9 Å². The van der Waals surface area contributed by atoms with Gasteiger partial charge in [0, 0.05) is 22.6 Å². The first-order valence-corrected chi connectivity index (χ1v) is 12.9. The second kappa shape index (κ2) is 8.44. The van der Waals surface area contributed by atoms with E-state index in [4.69, 9.17) is 9.72 Å². The van der Waals surface area contributed by atoms with Crippen molar-refractivity contribution in [2.24, 2.45) is 0 Å². The number of pyridine rings is 2. The highest BCUT2D eigenvalue weighted by Gasteiger charge is 2.46. The number of aryl methyl sites for hydroxylation is 1. The maximum Gasteiger partial charge on any atom is 0.343 e. The number of carbonyl (C=O) groups is 2. The molecule has 3 atom stereocenters. The van der Waals surface area contributed by atoms with Crippen LogP contribution in [0.25, 0.3) is 22.3 Å². The quantitative estimate of drug-likeness (QED) is 0.352. The van der Waals surface area contributed by atoms with E-state index in [0.717, 1.165) is 16.5 Å². The minimum Gasteiger partial charge on any atom is -0.458 e. The van der Waals surface area contributed by atoms with E-state index in [1.165, 1.54) is 17.6 Å². The number of rotatable bonds is 4. The van der Waals surface area contributed by atoms with Crippen molar-refractivity contribution in [2.75, 3.05) is 0 Å². The van der Waals surface area contributed by atoms with E-state index in [1.807, 2.05) is 6.92 Å². The Morgan fingerprint density at radius 1 is 1.32 bits per heavy atom. The molecule has 198 valence electrons. The number of aromatic nitrogens is 2. The molecule has 9 nitrogen and oxygen atoms in total. The monoisotopic (exact) mass is 521 g/mol. The van der Waals surface area contributed by atoms with Crippen LogP contribution in [0, 0.1) is 12.7 Å². The van der Waals surface area contributed by atoms with Crippen molar-refractivity contribution >= 4 is 22.8 Å². The smallest absolute Gasteiger partial charge is 0.343 e. The van der Waals surface area contributed by atoms with E-state index in [1.54, 1.807) is 13.0 Å². The molecule has 38 heavy (non-hydrogen) atoms. The lowest BCUT2D eigenvalue weighted by molar-refractivity contribution is -0.172. The van der Waals surface area contributed by atoms with Gasteiger partial charge >= 0.3 is 5.97 Å². The first-order chi connectivity index (χ1) is 18.1. The lowest BCUT2D eigenvalue weighted by Crippen LogP contribution is -2.44. The Bertz CT molecular complexity index is 1630. The van der Waals surface area contributed by atoms with Crippen molar-refractivity contribution in [2.45, 2.75) is 77.4 Å². The summed E-state index contributed by atoms with van der Waals surface area (Å²) in [6.07, 6.45) is 0.368. The number of aliphatic hydroxyl groups excluding tert-OH is 1. The van der Waals surface area contributed by atoms with Gasteiger partial charge in [-0.1, -0.05) is 13.3 Å². The normalized spacial score (nSPS) is 21.9. The van der Waals surface area contributed by atoms with Gasteiger partial charge in [0.05, 0.1) is 35.1 Å². The summed E-state index contributed by atoms with van der Waals surface area (Å²) in [6, 6.07) is 2.51. The predicted octanol–water partition coefficient (Wildman–Crippen LogP) is 2.40. The number of carbonyl (C=O) groups excluding carboxylic acids is 2. The number of aliphatic hydroxyl groups is 2. The number of esters is 1. The van der Waals surface area contributed by atoms with Crippen molar-refractivity contribution in [3.05, 3.63) is 61.7 Å². The average molecular weight is 522 g/mol. The van der Waals surface area contributed by atoms with Crippen LogP contribution in [-0.2, 0) is 39.5 Å². The lowest BCUT2D eigenvalue weighted by Gasteiger charge is -2.32. The number of hydrogen-bond donors (Lipinski definition) is 3. The van der Waals surface area contributed by atoms with Crippen molar-refractivity contribution in [3.63, 3.8) is 0 Å². The third-order valence-electron chi connectivity index (χ3n) is 8.17. The molecule has 2 aliphatic heterocycles. The second-order valence-corrected chi connectivity index (χ2v) is 10.5. The molecule has 10 heteroatoms. The molecule has 0 saturated carbocycles. The summed E-state index contributed by atoms with van der Waals surface area (Å²) in [5.74, 6) is -1.71. The molecule has 3 aromatic rings. The largest absolute Gasteiger partial charge is 0.458 e. The van der Waals surface area contributed by atoms with E-state index in [-0.39, 0.29) is 30.7 Å². The van der Waals surface area contributed by atoms with E-state index < -0.39 is 41.0 Å². The molecule has 3 N–H and O–H groups in total. The summed E-state index contributed by atoms with van der Waals surface area (Å²) in [7, 11) is 0. The van der Waals surface area contributed by atoms with Crippen LogP contribution in [0.5, 0.6) is 0 Å². The zero-order chi connectivity index (χ0) is 27.1. The third kappa shape index (κ3) is 3.29. The fourth-order valence-electron chi connectivity index (χ4n) is 6.26. The van der Waals surface area contributed by atoms with Crippen LogP contribution in [-0.4, -0.2) is 37.7 Å². The topological polar surface area (TPSA) is 131 Å². The number of fused-ring (bicyclic) bond motifs is 5. The maximum absolute atomic E-state index is 14.9. The lowest BCUT2D eigenvalue weighted by atomic mass is 9.81. The predicted molar refractivity (Wildman–Crippen MR) is 135 cm³/mol. The molecule has 0 fully saturated rings. The first-order valence-electron chi connectivity index (χ1n) is 12.9. The molecular weight excluding hydrogens is 493 g/mol. The highest BCUT2D eigenvalue weighted by Crippen LogP contribution is 2.46. The van der Waals surface area contributed by atoms with Gasteiger partial charge in [0.1, 0.15) is 18.5 Å². The number of cyclic esters (lactones) is 1. The SMILES string of the molecule is CCC[C@@]1(O)C(=O)OCc2c1cc1n(c2=O)Cc2c-1nc1cc(F)c(C)c3c1c2[C@@H](NC(=O)[C@H](C)O)CC3. The molecule has 0 spiro atoms. The standard InChI is InChI=1S/C28H28FN3O6/c1-4-7-28(37)17-8-21-24-15(10-32(21)26(35)16(17)11-38-27(28)36)23-19(31-25(34)13(3)33)6-5-14-12(2)18(29)9-20(30-24)22(14)23/h8-9,13,19,33,37H,4-7,10-11H2,1-3H3,(H,31,34)/t13-,19-,28-/m0/s1. The molecular formula is C28H28FN3O6. The molecule has 1 amide bonds. The molecule has 0 radical (unpaired) electrons. The van der Waals surface area contributed by atoms with Crippen LogP contribution in [0.3, 0.4) is 0 Å². The summed E-state index contributed by atoms with van der Waals surface area (Å²) < 4.78 is 21.7. The molecule has 1 aliphatic carbocycles. The van der Waals surface area contributed by atoms with Crippen LogP contribution in [0.4, 0.5) is 4.39 Å². The molecule has 0 bridgehead atoms. The summed E-state index contributed by atoms with van der Waals surface area (Å²) >= 11 is 0. The number of benzene rings is 1. The van der Waals surface area contributed by atoms with Gasteiger partial charge in [0.15, 0.2) is 5.60 Å². The summed E-state index contributed by atoms with van der Waals surface area (Å²) in [5, 5.41) is 24.8. The average Bonchev–Trinajstić information content (AvgIpc) is 3.24. The number of hydrogen-bond acceptors (Lipinski definition) is 7. The Kier molecular flexibility index (Phi) is 5.48. The van der Waals surface area contributed by atoms with Gasteiger partial charge in [0.25, 0.3) is 5.56 Å². The minimum absolute atomic E-state index is 0.0896. The molecule has 0 saturated heterocycles. The van der Waals surface area contributed by atoms with Crippen LogP contribution in [0.1, 0.15) is 72.5 Å². The van der Waals surface area contributed by atoms with Crippen molar-refractivity contribution in [3.8, 4) is 11.4 Å². The molecule has 0 unspecified atom stereocenters. The van der Waals surface area contributed by atoms with Gasteiger partial charge < -0.3 is 24.8 Å². The Morgan fingerprint density at radius 2 is 2.08 bits per heavy atom. The summed E-state index contributed by atoms with van der Waals surface area (Å²) in [6.45, 7) is 4.85. The van der Waals surface area contributed by atoms with Crippen LogP contribution in [0.15, 0.2) is 16.9 Å². The van der Waals surface area contributed by atoms with Crippen LogP contribution in [0.2, 0.25) is 0 Å². The zero-order valence-corrected chi connectivity index (χ0v) is 21.4. The fraction of sp³-hybridized carbons (Fsp3) is 0.429. The van der Waals surface area contributed by atoms with E-state index in [2.05, 4.69) is 5.32 Å². The third-order valence-corrected chi connectivity index (χ3v) is 8.17. The summed E-state index contributed by atoms with van der Waals surface area (Å²) in [4.78, 5) is 43.6. The molecule has 3 aliphatic rings. The Hall–Kier alpha value is -3.63. The Balaban J connectivity index is 1.64. The minimum atomic E-state index is -1.95. The molecule has 2 aromatic heterocycles. The fourth-order valence-corrected chi connectivity index (χ4v) is 6.26. The second-order valence-electron chi connectivity index (χ2n) is 10.5. The van der Waals surface area contributed by atoms with Crippen molar-refractivity contribution < 1.29 is 28.9 Å². The van der Waals surface area contributed by atoms with Gasteiger partial charge in [-0.15, -0.1) is 0 Å². The van der Waals surface area contributed by atoms with Gasteiger partial charge in [-0.2, -0.15) is 0 Å². The van der Waals surface area contributed by atoms with E-state index >= 15 is 0 Å².